The highest BCUT2D eigenvalue weighted by Crippen LogP contribution is 2.38. The third kappa shape index (κ3) is 9.22. The lowest BCUT2D eigenvalue weighted by Gasteiger charge is -2.37. The number of ketones is 1. The Labute approximate surface area is 357 Å². The number of nitrogens with one attached hydrogen (secondary N) is 1. The number of aliphatic carboxylic acids is 1. The minimum absolute atomic E-state index is 0.0861. The van der Waals surface area contributed by atoms with E-state index in [-0.39, 0.29) is 24.5 Å². The molecule has 60 heavy (non-hydrogen) atoms. The Morgan fingerprint density at radius 1 is 0.817 bits per heavy atom. The van der Waals surface area contributed by atoms with Gasteiger partial charge in [-0.25, -0.2) is 4.79 Å². The second-order valence-electron chi connectivity index (χ2n) is 15.1. The van der Waals surface area contributed by atoms with Crippen LogP contribution in [0.15, 0.2) is 133 Å². The number of nitrogens with zero attached hydrogens (tertiary/aromatic N) is 2. The molecule has 1 amide bonds. The Morgan fingerprint density at radius 3 is 2.20 bits per heavy atom. The summed E-state index contributed by atoms with van der Waals surface area (Å²) < 4.78 is 12.3. The Morgan fingerprint density at radius 2 is 1.52 bits per heavy atom. The monoisotopic (exact) mass is 835 g/mol. The molecule has 2 aliphatic rings. The van der Waals surface area contributed by atoms with Crippen molar-refractivity contribution >= 4 is 40.9 Å². The van der Waals surface area contributed by atoms with Crippen molar-refractivity contribution in [1.29, 1.82) is 5.26 Å². The number of rotatable bonds is 12. The highest BCUT2D eigenvalue weighted by Gasteiger charge is 2.36. The maximum Gasteiger partial charge on any atom is 0.326 e. The van der Waals surface area contributed by atoms with Gasteiger partial charge in [-0.2, -0.15) is 5.26 Å². The smallest absolute Gasteiger partial charge is 0.326 e. The minimum atomic E-state index is -1.16. The van der Waals surface area contributed by atoms with Crippen LogP contribution in [-0.4, -0.2) is 39.7 Å². The number of fused-ring (bicyclic) bond motifs is 2. The molecule has 300 valence electrons. The van der Waals surface area contributed by atoms with Gasteiger partial charge in [0.2, 0.25) is 5.91 Å². The average molecular weight is 837 g/mol. The van der Waals surface area contributed by atoms with Gasteiger partial charge in [-0.3, -0.25) is 14.5 Å². The molecule has 0 saturated heterocycles. The fraction of sp³-hybridized carbons (Fsp3) is 0.184. The van der Waals surface area contributed by atoms with Crippen molar-refractivity contribution in [3.63, 3.8) is 0 Å². The molecule has 0 spiro atoms. The summed E-state index contributed by atoms with van der Waals surface area (Å²) >= 11 is 12.2. The summed E-state index contributed by atoms with van der Waals surface area (Å²) in [4.78, 5) is 42.3. The van der Waals surface area contributed by atoms with E-state index in [0.717, 1.165) is 44.5 Å². The molecule has 9 nitrogen and oxygen atoms in total. The van der Waals surface area contributed by atoms with E-state index in [4.69, 9.17) is 37.9 Å². The standard InChI is InChI=1S/C49H39Cl2N3O6/c50-41-19-10-33(20-42(41)51)29-59-40-17-15-36(16-18-40)47-45(55)24-38-22-37-23-44(54(27-32-4-2-1-3-5-32)28-39(37)25-46(38)60-47)48(56)53-43(49(57)58)21-30-6-11-34(12-7-30)35-13-8-31(26-52)9-14-35/h1-20,22,25,43-44,47H,21,23-24,27-29H2,(H,53,56)(H,57,58)/t43-,44-,47?/m0/s1. The Hall–Kier alpha value is -6.44. The molecular weight excluding hydrogens is 797 g/mol. The number of carbonyl (C=O) groups is 3. The first-order valence-corrected chi connectivity index (χ1v) is 20.3. The lowest BCUT2D eigenvalue weighted by Crippen LogP contribution is -2.54. The number of carboxylic acid groups (broad SMARTS) is 1. The summed E-state index contributed by atoms with van der Waals surface area (Å²) in [6.07, 6.45) is -0.200. The van der Waals surface area contributed by atoms with Crippen LogP contribution in [0.5, 0.6) is 11.5 Å². The predicted octanol–water partition coefficient (Wildman–Crippen LogP) is 9.10. The van der Waals surface area contributed by atoms with E-state index in [1.807, 2.05) is 109 Å². The summed E-state index contributed by atoms with van der Waals surface area (Å²) in [5, 5.41) is 23.2. The molecule has 6 aromatic carbocycles. The molecule has 8 rings (SSSR count). The third-order valence-corrected chi connectivity index (χ3v) is 11.7. The lowest BCUT2D eigenvalue weighted by atomic mass is 9.88. The molecule has 0 aromatic heterocycles. The predicted molar refractivity (Wildman–Crippen MR) is 229 cm³/mol. The maximum absolute atomic E-state index is 14.2. The molecule has 0 radical (unpaired) electrons. The number of carbonyl (C=O) groups excluding carboxylic acids is 2. The quantitative estimate of drug-likeness (QED) is 0.125. The molecule has 2 N–H and O–H groups in total. The summed E-state index contributed by atoms with van der Waals surface area (Å²) in [5.41, 5.74) is 8.44. The number of Topliss-reactive ketones (excluding diaryl/α,β-unsaturated/α-hetero) is 1. The van der Waals surface area contributed by atoms with Gasteiger partial charge >= 0.3 is 5.97 Å². The SMILES string of the molecule is N#Cc1ccc(-c2ccc(C[C@H](NC(=O)[C@@H]3Cc4cc5c(cc4CN3Cc3ccccc3)OC(c3ccc(OCc4ccc(Cl)c(Cl)c4)cc3)C(=O)C5)C(=O)O)cc2)cc1. The van der Waals surface area contributed by atoms with Crippen molar-refractivity contribution in [2.45, 2.75) is 57.1 Å². The van der Waals surface area contributed by atoms with Crippen molar-refractivity contribution in [1.82, 2.24) is 10.2 Å². The molecule has 2 heterocycles. The van der Waals surface area contributed by atoms with Gasteiger partial charge in [0, 0.05) is 37.1 Å². The van der Waals surface area contributed by atoms with Gasteiger partial charge in [0.25, 0.3) is 0 Å². The van der Waals surface area contributed by atoms with Gasteiger partial charge in [-0.15, -0.1) is 0 Å². The topological polar surface area (TPSA) is 129 Å². The van der Waals surface area contributed by atoms with Crippen LogP contribution in [0, 0.1) is 11.3 Å². The molecule has 6 aromatic rings. The van der Waals surface area contributed by atoms with E-state index in [0.29, 0.717) is 58.8 Å². The second-order valence-corrected chi connectivity index (χ2v) is 15.9. The minimum Gasteiger partial charge on any atom is -0.489 e. The van der Waals surface area contributed by atoms with Crippen LogP contribution in [-0.2, 0) is 53.3 Å². The number of hydrogen-bond donors (Lipinski definition) is 2. The number of carboxylic acids is 1. The largest absolute Gasteiger partial charge is 0.489 e. The van der Waals surface area contributed by atoms with Crippen LogP contribution in [0.1, 0.15) is 50.6 Å². The van der Waals surface area contributed by atoms with E-state index in [1.54, 1.807) is 24.3 Å². The highest BCUT2D eigenvalue weighted by molar-refractivity contribution is 6.42. The molecule has 2 aliphatic heterocycles. The number of amides is 1. The molecule has 1 unspecified atom stereocenters. The fourth-order valence-corrected chi connectivity index (χ4v) is 8.07. The van der Waals surface area contributed by atoms with Gasteiger partial charge in [-0.05, 0) is 87.8 Å². The van der Waals surface area contributed by atoms with Crippen molar-refractivity contribution in [2.75, 3.05) is 0 Å². The van der Waals surface area contributed by atoms with Crippen molar-refractivity contribution in [2.24, 2.45) is 0 Å². The van der Waals surface area contributed by atoms with Crippen LogP contribution in [0.3, 0.4) is 0 Å². The Bertz CT molecular complexity index is 2590. The van der Waals surface area contributed by atoms with E-state index in [9.17, 15) is 19.5 Å². The number of halogens is 2. The molecule has 0 saturated carbocycles. The number of benzene rings is 6. The Balaban J connectivity index is 0.972. The van der Waals surface area contributed by atoms with E-state index in [2.05, 4.69) is 16.3 Å². The van der Waals surface area contributed by atoms with Gasteiger partial charge in [0.05, 0.1) is 27.7 Å². The third-order valence-electron chi connectivity index (χ3n) is 11.0. The first-order chi connectivity index (χ1) is 29.1. The normalized spacial score (nSPS) is 16.4. The first kappa shape index (κ1) is 40.3. The number of ether oxygens (including phenoxy) is 2. The zero-order chi connectivity index (χ0) is 41.8. The summed E-state index contributed by atoms with van der Waals surface area (Å²) in [6, 6.07) is 41.5. The number of hydrogen-bond acceptors (Lipinski definition) is 7. The van der Waals surface area contributed by atoms with Gasteiger partial charge in [0.1, 0.15) is 24.1 Å². The van der Waals surface area contributed by atoms with Crippen LogP contribution < -0.4 is 14.8 Å². The average Bonchev–Trinajstić information content (AvgIpc) is 3.26. The fourth-order valence-electron chi connectivity index (χ4n) is 7.75. The zero-order valence-corrected chi connectivity index (χ0v) is 33.8. The molecule has 0 bridgehead atoms. The van der Waals surface area contributed by atoms with Gasteiger partial charge < -0.3 is 19.9 Å². The molecular formula is C49H39Cl2N3O6. The Kier molecular flexibility index (Phi) is 12.0. The zero-order valence-electron chi connectivity index (χ0n) is 32.3. The van der Waals surface area contributed by atoms with E-state index in [1.165, 1.54) is 0 Å². The summed E-state index contributed by atoms with van der Waals surface area (Å²) in [6.45, 7) is 1.18. The molecule has 3 atom stereocenters. The summed E-state index contributed by atoms with van der Waals surface area (Å²) in [7, 11) is 0. The van der Waals surface area contributed by atoms with Crippen molar-refractivity contribution < 1.29 is 29.0 Å². The molecule has 0 aliphatic carbocycles. The van der Waals surface area contributed by atoms with Gasteiger partial charge in [0.15, 0.2) is 11.9 Å². The van der Waals surface area contributed by atoms with Crippen LogP contribution in [0.25, 0.3) is 11.1 Å². The van der Waals surface area contributed by atoms with E-state index < -0.39 is 24.2 Å². The highest BCUT2D eigenvalue weighted by atomic mass is 35.5. The van der Waals surface area contributed by atoms with Crippen molar-refractivity contribution in [3.05, 3.63) is 188 Å². The lowest BCUT2D eigenvalue weighted by molar-refractivity contribution is -0.142. The molecule has 11 heteroatoms. The van der Waals surface area contributed by atoms with Crippen molar-refractivity contribution in [3.8, 4) is 28.7 Å². The van der Waals surface area contributed by atoms with Gasteiger partial charge in [-0.1, -0.05) is 114 Å². The second kappa shape index (κ2) is 17.8. The summed E-state index contributed by atoms with van der Waals surface area (Å²) in [5.74, 6) is -0.346. The van der Waals surface area contributed by atoms with Crippen LogP contribution in [0.2, 0.25) is 10.0 Å². The maximum atomic E-state index is 14.2. The number of nitriles is 1. The van der Waals surface area contributed by atoms with Crippen LogP contribution in [0.4, 0.5) is 0 Å². The van der Waals surface area contributed by atoms with E-state index >= 15 is 0 Å². The molecule has 0 fully saturated rings. The van der Waals surface area contributed by atoms with Crippen LogP contribution >= 0.6 is 23.2 Å². The first-order valence-electron chi connectivity index (χ1n) is 19.5.